The average Bonchev–Trinajstić information content (AvgIpc) is 3.60. The van der Waals surface area contributed by atoms with E-state index in [-0.39, 0.29) is 29.9 Å². The summed E-state index contributed by atoms with van der Waals surface area (Å²) in [4.78, 5) is 28.6. The van der Waals surface area contributed by atoms with Gasteiger partial charge >= 0.3 is 5.97 Å². The number of fused-ring (bicyclic) bond motifs is 1. The summed E-state index contributed by atoms with van der Waals surface area (Å²) in [6.07, 6.45) is 5.62. The number of nitrogens with zero attached hydrogens (tertiary/aromatic N) is 1. The highest BCUT2D eigenvalue weighted by atomic mass is 19.1. The summed E-state index contributed by atoms with van der Waals surface area (Å²) in [5.41, 5.74) is 2.91. The molecule has 2 aliphatic rings. The highest BCUT2D eigenvalue weighted by Crippen LogP contribution is 2.39. The number of methoxy groups -OCH3 is 1. The minimum atomic E-state index is -0.897. The lowest BCUT2D eigenvalue weighted by Crippen LogP contribution is -2.55. The number of carbonyl (C=O) groups is 2. The molecule has 9 heteroatoms. The standard InChI is InChI=1S/C50H55FN2O6/c1-4-5-30-57-45-29-28-38-33-53(48(54)46(38)47(45)51)32-36-24-26-37(27-25-36)35(2)59-43-23-15-22-42(31-43)58-34-44(49(55)56-3)52-50(39-16-9-6-10-17-39,40-18-11-7-12-19-40)41-20-13-8-14-21-41/h6-23,28-29,31,35-37,44,52H,4-5,24-27,30,32-34H2,1-3H3/t35?,36-,37-,44-/m0/s1. The minimum Gasteiger partial charge on any atom is -0.491 e. The number of hydrogen-bond acceptors (Lipinski definition) is 7. The second kappa shape index (κ2) is 19.4. The third-order valence-corrected chi connectivity index (χ3v) is 11.9. The van der Waals surface area contributed by atoms with Crippen molar-refractivity contribution in [2.75, 3.05) is 26.9 Å². The fourth-order valence-corrected chi connectivity index (χ4v) is 8.65. The van der Waals surface area contributed by atoms with Gasteiger partial charge in [-0.25, -0.2) is 4.39 Å². The van der Waals surface area contributed by atoms with Gasteiger partial charge < -0.3 is 23.8 Å². The number of hydrogen-bond donors (Lipinski definition) is 1. The van der Waals surface area contributed by atoms with Crippen molar-refractivity contribution < 1.29 is 32.9 Å². The predicted molar refractivity (Wildman–Crippen MR) is 227 cm³/mol. The van der Waals surface area contributed by atoms with Gasteiger partial charge in [-0.1, -0.05) is 116 Å². The molecule has 1 unspecified atom stereocenters. The van der Waals surface area contributed by atoms with Crippen molar-refractivity contribution in [2.45, 2.75) is 76.6 Å². The first-order valence-corrected chi connectivity index (χ1v) is 21.0. The fraction of sp³-hybridized carbons (Fsp3) is 0.360. The first-order valence-electron chi connectivity index (χ1n) is 21.0. The summed E-state index contributed by atoms with van der Waals surface area (Å²) < 4.78 is 39.1. The van der Waals surface area contributed by atoms with Crippen LogP contribution in [0.3, 0.4) is 0 Å². The molecular weight excluding hydrogens is 744 g/mol. The van der Waals surface area contributed by atoms with Crippen LogP contribution in [0.1, 0.15) is 85.0 Å². The normalized spacial score (nSPS) is 17.5. The Morgan fingerprint density at radius 3 is 2.02 bits per heavy atom. The van der Waals surface area contributed by atoms with Gasteiger partial charge in [-0.2, -0.15) is 0 Å². The second-order valence-electron chi connectivity index (χ2n) is 15.8. The molecule has 1 aliphatic heterocycles. The molecule has 1 heterocycles. The van der Waals surface area contributed by atoms with E-state index in [0.717, 1.165) is 60.8 Å². The summed E-state index contributed by atoms with van der Waals surface area (Å²) in [5, 5.41) is 3.70. The van der Waals surface area contributed by atoms with Crippen LogP contribution in [-0.4, -0.2) is 55.8 Å². The van der Waals surface area contributed by atoms with Crippen LogP contribution in [0.25, 0.3) is 0 Å². The van der Waals surface area contributed by atoms with E-state index in [1.807, 2.05) is 84.9 Å². The van der Waals surface area contributed by atoms with Crippen molar-refractivity contribution in [1.29, 1.82) is 0 Å². The van der Waals surface area contributed by atoms with Gasteiger partial charge in [0.15, 0.2) is 11.6 Å². The molecule has 1 fully saturated rings. The molecule has 0 bridgehead atoms. The van der Waals surface area contributed by atoms with Gasteiger partial charge in [0, 0.05) is 19.2 Å². The molecular formula is C50H55FN2O6. The number of esters is 1. The van der Waals surface area contributed by atoms with Gasteiger partial charge in [-0.3, -0.25) is 14.9 Å². The van der Waals surface area contributed by atoms with Gasteiger partial charge in [0.25, 0.3) is 5.91 Å². The van der Waals surface area contributed by atoms with E-state index in [4.69, 9.17) is 18.9 Å². The number of rotatable bonds is 18. The second-order valence-corrected chi connectivity index (χ2v) is 15.8. The minimum absolute atomic E-state index is 0.00901. The molecule has 1 amide bonds. The van der Waals surface area contributed by atoms with E-state index >= 15 is 4.39 Å². The third-order valence-electron chi connectivity index (χ3n) is 11.9. The lowest BCUT2D eigenvalue weighted by molar-refractivity contribution is -0.144. The van der Waals surface area contributed by atoms with E-state index in [9.17, 15) is 9.59 Å². The zero-order valence-electron chi connectivity index (χ0n) is 34.3. The van der Waals surface area contributed by atoms with Crippen LogP contribution in [0.15, 0.2) is 127 Å². The van der Waals surface area contributed by atoms with Gasteiger partial charge in [-0.15, -0.1) is 0 Å². The van der Waals surface area contributed by atoms with E-state index in [0.29, 0.717) is 43.0 Å². The summed E-state index contributed by atoms with van der Waals surface area (Å²) in [5.74, 6) is 0.895. The van der Waals surface area contributed by atoms with Crippen molar-refractivity contribution in [2.24, 2.45) is 11.8 Å². The molecule has 1 aliphatic carbocycles. The Hall–Kier alpha value is -5.67. The van der Waals surface area contributed by atoms with E-state index in [1.54, 1.807) is 11.0 Å². The van der Waals surface area contributed by atoms with Crippen LogP contribution in [0.5, 0.6) is 17.2 Å². The maximum Gasteiger partial charge on any atom is 0.326 e. The molecule has 59 heavy (non-hydrogen) atoms. The topological polar surface area (TPSA) is 86.3 Å². The largest absolute Gasteiger partial charge is 0.491 e. The molecule has 5 aromatic rings. The number of halogens is 1. The van der Waals surface area contributed by atoms with Crippen LogP contribution >= 0.6 is 0 Å². The Morgan fingerprint density at radius 2 is 1.42 bits per heavy atom. The highest BCUT2D eigenvalue weighted by Gasteiger charge is 2.41. The van der Waals surface area contributed by atoms with Gasteiger partial charge in [-0.05, 0) is 91.3 Å². The van der Waals surface area contributed by atoms with Gasteiger partial charge in [0.05, 0.1) is 30.9 Å². The molecule has 5 aromatic carbocycles. The summed E-state index contributed by atoms with van der Waals surface area (Å²) in [6, 6.07) is 40.5. The van der Waals surface area contributed by atoms with E-state index < -0.39 is 23.4 Å². The number of ether oxygens (including phenoxy) is 4. The van der Waals surface area contributed by atoms with E-state index in [1.165, 1.54) is 7.11 Å². The zero-order valence-corrected chi connectivity index (χ0v) is 34.3. The molecule has 0 radical (unpaired) electrons. The van der Waals surface area contributed by atoms with Crippen LogP contribution in [0.4, 0.5) is 4.39 Å². The number of carbonyl (C=O) groups excluding carboxylic acids is 2. The Morgan fingerprint density at radius 1 is 0.814 bits per heavy atom. The lowest BCUT2D eigenvalue weighted by Gasteiger charge is -2.39. The molecule has 2 atom stereocenters. The monoisotopic (exact) mass is 798 g/mol. The van der Waals surface area contributed by atoms with Crippen LogP contribution < -0.4 is 19.5 Å². The van der Waals surface area contributed by atoms with Gasteiger partial charge in [0.2, 0.25) is 0 Å². The van der Waals surface area contributed by atoms with Crippen LogP contribution in [0.2, 0.25) is 0 Å². The molecule has 0 aromatic heterocycles. The maximum absolute atomic E-state index is 15.3. The Kier molecular flexibility index (Phi) is 13.6. The number of nitrogens with one attached hydrogen (secondary N) is 1. The molecule has 1 N–H and O–H groups in total. The molecule has 0 saturated heterocycles. The van der Waals surface area contributed by atoms with Crippen molar-refractivity contribution in [1.82, 2.24) is 10.2 Å². The predicted octanol–water partition coefficient (Wildman–Crippen LogP) is 9.74. The Labute approximate surface area is 347 Å². The van der Waals surface area contributed by atoms with Crippen molar-refractivity contribution in [3.63, 3.8) is 0 Å². The first-order chi connectivity index (χ1) is 28.8. The fourth-order valence-electron chi connectivity index (χ4n) is 8.65. The van der Waals surface area contributed by atoms with Crippen molar-refractivity contribution in [3.8, 4) is 17.2 Å². The van der Waals surface area contributed by atoms with E-state index in [2.05, 4.69) is 55.6 Å². The summed E-state index contributed by atoms with van der Waals surface area (Å²) in [7, 11) is 1.39. The Bertz CT molecular complexity index is 2040. The number of benzene rings is 5. The Balaban J connectivity index is 0.971. The lowest BCUT2D eigenvalue weighted by atomic mass is 9.76. The summed E-state index contributed by atoms with van der Waals surface area (Å²) in [6.45, 7) is 5.66. The average molecular weight is 799 g/mol. The molecule has 0 spiro atoms. The van der Waals surface area contributed by atoms with Crippen molar-refractivity contribution >= 4 is 11.9 Å². The molecule has 1 saturated carbocycles. The third kappa shape index (κ3) is 9.47. The maximum atomic E-state index is 15.3. The smallest absolute Gasteiger partial charge is 0.326 e. The summed E-state index contributed by atoms with van der Waals surface area (Å²) >= 11 is 0. The van der Waals surface area contributed by atoms with Crippen molar-refractivity contribution in [3.05, 3.63) is 161 Å². The number of amides is 1. The molecule has 7 rings (SSSR count). The highest BCUT2D eigenvalue weighted by molar-refractivity contribution is 5.99. The number of unbranched alkanes of at least 4 members (excludes halogenated alkanes) is 1. The van der Waals surface area contributed by atoms with Crippen LogP contribution in [-0.2, 0) is 21.6 Å². The molecule has 308 valence electrons. The van der Waals surface area contributed by atoms with Crippen LogP contribution in [0, 0.1) is 17.7 Å². The quantitative estimate of drug-likeness (QED) is 0.0537. The van der Waals surface area contributed by atoms with Gasteiger partial charge in [0.1, 0.15) is 24.1 Å². The SMILES string of the molecule is CCCCOc1ccc2c(c1F)C(=O)N(C[C@H]1CC[C@H](C(C)Oc3cccc(OC[C@H](NC(c4ccccc4)(c4ccccc4)c4ccccc4)C(=O)OC)c3)CC1)C2. The molecule has 8 nitrogen and oxygen atoms in total. The first kappa shape index (κ1) is 41.5. The zero-order chi connectivity index (χ0) is 41.2.